The number of hydrogen-bond donors (Lipinski definition) is 5. The highest BCUT2D eigenvalue weighted by molar-refractivity contribution is 5.75. The second-order valence-electron chi connectivity index (χ2n) is 2.29. The van der Waals surface area contributed by atoms with Gasteiger partial charge < -0.3 is 11.5 Å². The van der Waals surface area contributed by atoms with E-state index in [0.717, 1.165) is 5.69 Å². The van der Waals surface area contributed by atoms with E-state index in [0.29, 0.717) is 5.69 Å². The van der Waals surface area contributed by atoms with Crippen molar-refractivity contribution in [2.24, 2.45) is 5.73 Å². The molecule has 0 amide bonds. The van der Waals surface area contributed by atoms with E-state index in [1.807, 2.05) is 0 Å². The zero-order valence-corrected chi connectivity index (χ0v) is 6.46. The Kier molecular flexibility index (Phi) is 2.37. The highest BCUT2D eigenvalue weighted by Gasteiger charge is 1.89. The van der Waals surface area contributed by atoms with Crippen molar-refractivity contribution < 1.29 is 0 Å². The van der Waals surface area contributed by atoms with E-state index < -0.39 is 0 Å². The molecule has 0 bridgehead atoms. The molecule has 12 heavy (non-hydrogen) atoms. The summed E-state index contributed by atoms with van der Waals surface area (Å²) in [6.45, 7) is 0. The summed E-state index contributed by atoms with van der Waals surface area (Å²) < 4.78 is 0. The van der Waals surface area contributed by atoms with Crippen LogP contribution >= 0.6 is 0 Å². The number of nitrogens with two attached hydrogens (primary N) is 2. The lowest BCUT2D eigenvalue weighted by Gasteiger charge is -2.06. The lowest BCUT2D eigenvalue weighted by Crippen LogP contribution is -2.34. The Bertz CT molecular complexity index is 266. The number of hydrogen-bond acceptors (Lipinski definition) is 3. The molecular weight excluding hydrogens is 154 g/mol. The van der Waals surface area contributed by atoms with E-state index in [1.165, 1.54) is 0 Å². The number of rotatable bonds is 2. The van der Waals surface area contributed by atoms with Gasteiger partial charge in [0.05, 0.1) is 5.69 Å². The number of nitrogen functional groups attached to an aromatic ring is 1. The van der Waals surface area contributed by atoms with Crippen molar-refractivity contribution in [1.82, 2.24) is 5.43 Å². The van der Waals surface area contributed by atoms with Crippen LogP contribution in [0.2, 0.25) is 0 Å². The Hall–Kier alpha value is -1.91. The zero-order chi connectivity index (χ0) is 8.97. The van der Waals surface area contributed by atoms with Gasteiger partial charge >= 0.3 is 0 Å². The quantitative estimate of drug-likeness (QED) is 0.185. The topological polar surface area (TPSA) is 100.0 Å². The molecule has 0 atom stereocenters. The van der Waals surface area contributed by atoms with E-state index in [9.17, 15) is 0 Å². The van der Waals surface area contributed by atoms with Gasteiger partial charge in [-0.15, -0.1) is 0 Å². The molecule has 5 nitrogen and oxygen atoms in total. The minimum atomic E-state index is -0.133. The van der Waals surface area contributed by atoms with Crippen LogP contribution in [0, 0.1) is 5.41 Å². The molecule has 0 aromatic heterocycles. The van der Waals surface area contributed by atoms with Crippen LogP contribution in [-0.2, 0) is 0 Å². The van der Waals surface area contributed by atoms with Gasteiger partial charge in [-0.05, 0) is 24.3 Å². The van der Waals surface area contributed by atoms with Crippen molar-refractivity contribution in [2.45, 2.75) is 0 Å². The zero-order valence-electron chi connectivity index (χ0n) is 6.46. The first-order chi connectivity index (χ1) is 5.68. The van der Waals surface area contributed by atoms with Gasteiger partial charge in [0.2, 0.25) is 5.96 Å². The van der Waals surface area contributed by atoms with Gasteiger partial charge in [-0.25, -0.2) is 0 Å². The van der Waals surface area contributed by atoms with Crippen LogP contribution in [0.1, 0.15) is 0 Å². The fourth-order valence-corrected chi connectivity index (χ4v) is 0.706. The monoisotopic (exact) mass is 165 g/mol. The van der Waals surface area contributed by atoms with Crippen molar-refractivity contribution in [3.8, 4) is 0 Å². The van der Waals surface area contributed by atoms with Gasteiger partial charge in [-0.3, -0.25) is 16.3 Å². The highest BCUT2D eigenvalue weighted by Crippen LogP contribution is 2.08. The normalized spacial score (nSPS) is 9.00. The molecule has 0 radical (unpaired) electrons. The highest BCUT2D eigenvalue weighted by atomic mass is 15.4. The Morgan fingerprint density at radius 3 is 2.33 bits per heavy atom. The summed E-state index contributed by atoms with van der Waals surface area (Å²) in [5.74, 6) is -0.133. The fourth-order valence-electron chi connectivity index (χ4n) is 0.706. The van der Waals surface area contributed by atoms with Crippen molar-refractivity contribution in [1.29, 1.82) is 5.41 Å². The molecule has 64 valence electrons. The number of hydrazine groups is 1. The maximum Gasteiger partial charge on any atom is 0.204 e. The molecule has 1 aromatic carbocycles. The van der Waals surface area contributed by atoms with Crippen LogP contribution in [0.3, 0.4) is 0 Å². The molecule has 1 aromatic rings. The standard InChI is InChI=1S/C7H11N5/c8-5-1-3-6(4-2-5)11-12-7(9)10/h1-4,11H,8H2,(H4,9,10,12). The Morgan fingerprint density at radius 1 is 1.25 bits per heavy atom. The van der Waals surface area contributed by atoms with Crippen molar-refractivity contribution in [3.05, 3.63) is 24.3 Å². The molecule has 0 heterocycles. The second-order valence-corrected chi connectivity index (χ2v) is 2.29. The van der Waals surface area contributed by atoms with Gasteiger partial charge in [0.25, 0.3) is 0 Å². The average molecular weight is 165 g/mol. The smallest absolute Gasteiger partial charge is 0.204 e. The van der Waals surface area contributed by atoms with Crippen molar-refractivity contribution in [2.75, 3.05) is 11.2 Å². The molecule has 7 N–H and O–H groups in total. The summed E-state index contributed by atoms with van der Waals surface area (Å²) in [5, 5.41) is 6.87. The van der Waals surface area contributed by atoms with Crippen LogP contribution in [0.5, 0.6) is 0 Å². The summed E-state index contributed by atoms with van der Waals surface area (Å²) in [5.41, 5.74) is 17.2. The van der Waals surface area contributed by atoms with Crippen LogP contribution in [0.25, 0.3) is 0 Å². The number of nitrogens with one attached hydrogen (secondary N) is 3. The fraction of sp³-hybridized carbons (Fsp3) is 0. The maximum absolute atomic E-state index is 6.87. The van der Waals surface area contributed by atoms with Crippen molar-refractivity contribution in [3.63, 3.8) is 0 Å². The predicted octanol–water partition coefficient (Wildman–Crippen LogP) is 0.0788. The molecular formula is C7H11N5. The molecule has 0 aliphatic rings. The first-order valence-electron chi connectivity index (χ1n) is 3.40. The van der Waals surface area contributed by atoms with Gasteiger partial charge in [0, 0.05) is 5.69 Å². The van der Waals surface area contributed by atoms with Gasteiger partial charge in [-0.2, -0.15) is 0 Å². The summed E-state index contributed by atoms with van der Waals surface area (Å²) in [6.07, 6.45) is 0. The molecule has 1 rings (SSSR count). The Labute approximate surface area is 70.2 Å². The average Bonchev–Trinajstić information content (AvgIpc) is 2.03. The van der Waals surface area contributed by atoms with Crippen LogP contribution in [-0.4, -0.2) is 5.96 Å². The Balaban J connectivity index is 2.53. The molecule has 0 aliphatic carbocycles. The van der Waals surface area contributed by atoms with E-state index in [4.69, 9.17) is 16.9 Å². The summed E-state index contributed by atoms with van der Waals surface area (Å²) in [4.78, 5) is 0. The lowest BCUT2D eigenvalue weighted by atomic mass is 10.3. The molecule has 5 heteroatoms. The van der Waals surface area contributed by atoms with Crippen LogP contribution in [0.15, 0.2) is 24.3 Å². The molecule has 0 saturated heterocycles. The first-order valence-corrected chi connectivity index (χ1v) is 3.40. The van der Waals surface area contributed by atoms with Crippen LogP contribution in [0.4, 0.5) is 11.4 Å². The second kappa shape index (κ2) is 3.47. The summed E-state index contributed by atoms with van der Waals surface area (Å²) >= 11 is 0. The van der Waals surface area contributed by atoms with E-state index in [-0.39, 0.29) is 5.96 Å². The van der Waals surface area contributed by atoms with Crippen LogP contribution < -0.4 is 22.3 Å². The maximum atomic E-state index is 6.87. The van der Waals surface area contributed by atoms with Crippen molar-refractivity contribution >= 4 is 17.3 Å². The first kappa shape index (κ1) is 8.19. The molecule has 0 aliphatic heterocycles. The van der Waals surface area contributed by atoms with E-state index in [1.54, 1.807) is 24.3 Å². The van der Waals surface area contributed by atoms with Gasteiger partial charge in [-0.1, -0.05) is 0 Å². The third-order valence-corrected chi connectivity index (χ3v) is 1.25. The molecule has 0 unspecified atom stereocenters. The van der Waals surface area contributed by atoms with Gasteiger partial charge in [0.15, 0.2) is 0 Å². The van der Waals surface area contributed by atoms with E-state index >= 15 is 0 Å². The third kappa shape index (κ3) is 2.37. The minimum Gasteiger partial charge on any atom is -0.399 e. The number of anilines is 2. The lowest BCUT2D eigenvalue weighted by molar-refractivity contribution is 1.08. The van der Waals surface area contributed by atoms with Gasteiger partial charge in [0.1, 0.15) is 0 Å². The number of guanidine groups is 1. The predicted molar refractivity (Wildman–Crippen MR) is 49.5 cm³/mol. The molecule has 0 fully saturated rings. The third-order valence-electron chi connectivity index (χ3n) is 1.25. The number of benzene rings is 1. The SMILES string of the molecule is N=C(N)NNc1ccc(N)cc1. The molecule has 0 saturated carbocycles. The largest absolute Gasteiger partial charge is 0.399 e. The summed E-state index contributed by atoms with van der Waals surface area (Å²) in [6, 6.07) is 7.07. The minimum absolute atomic E-state index is 0.133. The molecule has 0 spiro atoms. The summed E-state index contributed by atoms with van der Waals surface area (Å²) in [7, 11) is 0. The Morgan fingerprint density at radius 2 is 1.83 bits per heavy atom. The van der Waals surface area contributed by atoms with E-state index in [2.05, 4.69) is 10.9 Å².